The van der Waals surface area contributed by atoms with Crippen LogP contribution in [0.15, 0.2) is 4.99 Å². The van der Waals surface area contributed by atoms with Crippen molar-refractivity contribution in [2.24, 2.45) is 4.99 Å². The number of aliphatic imine (C=N–C) groups is 1. The fourth-order valence-corrected chi connectivity index (χ4v) is 3.28. The molecule has 0 unspecified atom stereocenters. The highest BCUT2D eigenvalue weighted by molar-refractivity contribution is 8.14. The van der Waals surface area contributed by atoms with E-state index in [0.29, 0.717) is 6.04 Å². The van der Waals surface area contributed by atoms with E-state index in [1.807, 2.05) is 11.8 Å². The van der Waals surface area contributed by atoms with Gasteiger partial charge in [0.1, 0.15) is 0 Å². The van der Waals surface area contributed by atoms with E-state index in [9.17, 15) is 0 Å². The SMILES string of the molecule is CCC1=N[C@@H]2CCCC[C@@H]2S1. The standard InChI is InChI=1S/C9H15NS/c1-2-9-10-7-5-3-4-6-8(7)11-9/h7-8H,2-6H2,1H3/t7-,8+/m1/s1. The van der Waals surface area contributed by atoms with E-state index in [2.05, 4.69) is 6.92 Å². The van der Waals surface area contributed by atoms with Crippen LogP contribution in [0.1, 0.15) is 39.0 Å². The van der Waals surface area contributed by atoms with Crippen LogP contribution in [0.3, 0.4) is 0 Å². The fourth-order valence-electron chi connectivity index (χ4n) is 1.93. The molecular weight excluding hydrogens is 154 g/mol. The summed E-state index contributed by atoms with van der Waals surface area (Å²) in [6, 6.07) is 0.698. The number of hydrogen-bond acceptors (Lipinski definition) is 2. The molecule has 2 heteroatoms. The van der Waals surface area contributed by atoms with Crippen LogP contribution in [0.4, 0.5) is 0 Å². The van der Waals surface area contributed by atoms with Crippen molar-refractivity contribution in [3.63, 3.8) is 0 Å². The number of fused-ring (bicyclic) bond motifs is 1. The predicted octanol–water partition coefficient (Wildman–Crippen LogP) is 2.85. The zero-order valence-corrected chi connectivity index (χ0v) is 7.86. The summed E-state index contributed by atoms with van der Waals surface area (Å²) >= 11 is 2.04. The average molecular weight is 169 g/mol. The van der Waals surface area contributed by atoms with Crippen molar-refractivity contribution in [1.82, 2.24) is 0 Å². The van der Waals surface area contributed by atoms with Gasteiger partial charge in [0.25, 0.3) is 0 Å². The van der Waals surface area contributed by atoms with Gasteiger partial charge in [0.2, 0.25) is 0 Å². The maximum absolute atomic E-state index is 4.71. The van der Waals surface area contributed by atoms with E-state index in [1.54, 1.807) is 0 Å². The van der Waals surface area contributed by atoms with Crippen molar-refractivity contribution in [2.45, 2.75) is 50.3 Å². The van der Waals surface area contributed by atoms with E-state index >= 15 is 0 Å². The molecule has 0 spiro atoms. The third kappa shape index (κ3) is 1.46. The maximum Gasteiger partial charge on any atom is 0.0680 e. The van der Waals surface area contributed by atoms with Gasteiger partial charge in [0.15, 0.2) is 0 Å². The van der Waals surface area contributed by atoms with Gasteiger partial charge >= 0.3 is 0 Å². The predicted molar refractivity (Wildman–Crippen MR) is 51.4 cm³/mol. The second-order valence-corrected chi connectivity index (χ2v) is 4.70. The van der Waals surface area contributed by atoms with Crippen LogP contribution in [-0.2, 0) is 0 Å². The van der Waals surface area contributed by atoms with Gasteiger partial charge in [0, 0.05) is 5.25 Å². The van der Waals surface area contributed by atoms with E-state index in [1.165, 1.54) is 30.7 Å². The molecule has 0 bridgehead atoms. The summed E-state index contributed by atoms with van der Waals surface area (Å²) in [5, 5.41) is 2.26. The molecule has 11 heavy (non-hydrogen) atoms. The Bertz CT molecular complexity index is 176. The van der Waals surface area contributed by atoms with E-state index in [4.69, 9.17) is 4.99 Å². The molecule has 1 fully saturated rings. The molecule has 2 atom stereocenters. The van der Waals surface area contributed by atoms with Gasteiger partial charge in [-0.15, -0.1) is 11.8 Å². The summed E-state index contributed by atoms with van der Waals surface area (Å²) in [5.74, 6) is 0. The highest BCUT2D eigenvalue weighted by Gasteiger charge is 2.30. The van der Waals surface area contributed by atoms with Gasteiger partial charge in [-0.1, -0.05) is 19.8 Å². The van der Waals surface area contributed by atoms with Crippen molar-refractivity contribution in [3.05, 3.63) is 0 Å². The Balaban J connectivity index is 2.02. The monoisotopic (exact) mass is 169 g/mol. The quantitative estimate of drug-likeness (QED) is 0.588. The minimum absolute atomic E-state index is 0.698. The Labute approximate surface area is 72.7 Å². The minimum atomic E-state index is 0.698. The van der Waals surface area contributed by atoms with E-state index < -0.39 is 0 Å². The van der Waals surface area contributed by atoms with Crippen molar-refractivity contribution in [3.8, 4) is 0 Å². The molecule has 1 saturated carbocycles. The summed E-state index contributed by atoms with van der Waals surface area (Å²) in [7, 11) is 0. The lowest BCUT2D eigenvalue weighted by molar-refractivity contribution is 0.461. The molecule has 1 heterocycles. The van der Waals surface area contributed by atoms with Crippen LogP contribution in [0.5, 0.6) is 0 Å². The summed E-state index contributed by atoms with van der Waals surface area (Å²) < 4.78 is 0. The van der Waals surface area contributed by atoms with Gasteiger partial charge in [-0.2, -0.15) is 0 Å². The molecule has 0 aromatic heterocycles. The second-order valence-electron chi connectivity index (χ2n) is 3.38. The summed E-state index contributed by atoms with van der Waals surface area (Å²) in [5.41, 5.74) is 0. The van der Waals surface area contributed by atoms with Gasteiger partial charge in [0.05, 0.1) is 11.1 Å². The molecule has 0 amide bonds. The normalized spacial score (nSPS) is 36.6. The maximum atomic E-state index is 4.71. The third-order valence-electron chi connectivity index (χ3n) is 2.57. The van der Waals surface area contributed by atoms with Crippen LogP contribution in [-0.4, -0.2) is 16.3 Å². The first-order valence-electron chi connectivity index (χ1n) is 4.63. The number of hydrogen-bond donors (Lipinski definition) is 0. The lowest BCUT2D eigenvalue weighted by Gasteiger charge is -2.21. The first-order valence-corrected chi connectivity index (χ1v) is 5.51. The number of rotatable bonds is 1. The van der Waals surface area contributed by atoms with Crippen molar-refractivity contribution in [1.29, 1.82) is 0 Å². The molecule has 1 aliphatic heterocycles. The van der Waals surface area contributed by atoms with Gasteiger partial charge in [-0.3, -0.25) is 4.99 Å². The molecule has 2 rings (SSSR count). The summed E-state index contributed by atoms with van der Waals surface area (Å²) in [4.78, 5) is 4.71. The first-order chi connectivity index (χ1) is 5.40. The van der Waals surface area contributed by atoms with Crippen LogP contribution >= 0.6 is 11.8 Å². The molecule has 1 nitrogen and oxygen atoms in total. The van der Waals surface area contributed by atoms with Crippen LogP contribution < -0.4 is 0 Å². The summed E-state index contributed by atoms with van der Waals surface area (Å²) in [6.07, 6.45) is 6.74. The molecule has 0 aromatic rings. The Morgan fingerprint density at radius 3 is 3.00 bits per heavy atom. The number of thioether (sulfide) groups is 1. The zero-order chi connectivity index (χ0) is 7.68. The topological polar surface area (TPSA) is 12.4 Å². The highest BCUT2D eigenvalue weighted by atomic mass is 32.2. The number of nitrogens with zero attached hydrogens (tertiary/aromatic N) is 1. The van der Waals surface area contributed by atoms with Gasteiger partial charge in [-0.25, -0.2) is 0 Å². The second kappa shape index (κ2) is 3.18. The van der Waals surface area contributed by atoms with Crippen LogP contribution in [0.2, 0.25) is 0 Å². The third-order valence-corrected chi connectivity index (χ3v) is 4.09. The lowest BCUT2D eigenvalue weighted by Crippen LogP contribution is -2.21. The Kier molecular flexibility index (Phi) is 2.21. The molecule has 0 saturated heterocycles. The Morgan fingerprint density at radius 1 is 1.45 bits per heavy atom. The molecule has 1 aliphatic carbocycles. The first kappa shape index (κ1) is 7.66. The van der Waals surface area contributed by atoms with Gasteiger partial charge < -0.3 is 0 Å². The minimum Gasteiger partial charge on any atom is -0.278 e. The zero-order valence-electron chi connectivity index (χ0n) is 7.05. The smallest absolute Gasteiger partial charge is 0.0680 e. The fraction of sp³-hybridized carbons (Fsp3) is 0.889. The van der Waals surface area contributed by atoms with Crippen molar-refractivity contribution in [2.75, 3.05) is 0 Å². The largest absolute Gasteiger partial charge is 0.278 e. The summed E-state index contributed by atoms with van der Waals surface area (Å²) in [6.45, 7) is 2.21. The van der Waals surface area contributed by atoms with Crippen LogP contribution in [0, 0.1) is 0 Å². The lowest BCUT2D eigenvalue weighted by atomic mass is 9.95. The molecule has 0 aromatic carbocycles. The average Bonchev–Trinajstić information content (AvgIpc) is 2.46. The van der Waals surface area contributed by atoms with Crippen LogP contribution in [0.25, 0.3) is 0 Å². The van der Waals surface area contributed by atoms with Crippen molar-refractivity contribution < 1.29 is 0 Å². The molecule has 62 valence electrons. The Morgan fingerprint density at radius 2 is 2.27 bits per heavy atom. The highest BCUT2D eigenvalue weighted by Crippen LogP contribution is 2.37. The molecule has 2 aliphatic rings. The van der Waals surface area contributed by atoms with E-state index in [0.717, 1.165) is 11.7 Å². The Hall–Kier alpha value is 0.0200. The van der Waals surface area contributed by atoms with Crippen molar-refractivity contribution >= 4 is 16.8 Å². The molecular formula is C9H15NS. The molecule has 0 radical (unpaired) electrons. The van der Waals surface area contributed by atoms with E-state index in [-0.39, 0.29) is 0 Å². The molecule has 0 N–H and O–H groups in total. The van der Waals surface area contributed by atoms with Gasteiger partial charge in [-0.05, 0) is 19.3 Å².